The molecule has 2 rings (SSSR count). The van der Waals surface area contributed by atoms with Gasteiger partial charge in [-0.1, -0.05) is 39.0 Å². The van der Waals surface area contributed by atoms with Crippen molar-refractivity contribution >= 4 is 35.0 Å². The molecule has 0 N–H and O–H groups in total. The SMILES string of the molecule is CCCCCCCCN1C(=O)CSc2ccc(N(CC)C(C)=O)cc21. The number of nitrogens with zero attached hydrogens (tertiary/aromatic N) is 2. The van der Waals surface area contributed by atoms with Crippen molar-refractivity contribution in [1.29, 1.82) is 0 Å². The molecule has 1 aromatic carbocycles. The van der Waals surface area contributed by atoms with E-state index in [-0.39, 0.29) is 11.8 Å². The number of carbonyl (C=O) groups excluding carboxylic acids is 2. The first-order valence-corrected chi connectivity index (χ1v) is 10.4. The summed E-state index contributed by atoms with van der Waals surface area (Å²) in [5.74, 6) is 0.709. The van der Waals surface area contributed by atoms with E-state index in [9.17, 15) is 9.59 Å². The van der Waals surface area contributed by atoms with Crippen LogP contribution in [0.1, 0.15) is 59.3 Å². The number of anilines is 2. The van der Waals surface area contributed by atoms with E-state index in [1.165, 1.54) is 32.1 Å². The summed E-state index contributed by atoms with van der Waals surface area (Å²) in [6.07, 6.45) is 7.27. The second-order valence-corrected chi connectivity index (χ2v) is 7.53. The van der Waals surface area contributed by atoms with Crippen molar-refractivity contribution in [3.8, 4) is 0 Å². The average Bonchev–Trinajstić information content (AvgIpc) is 2.60. The number of amides is 2. The third-order valence-corrected chi connectivity index (χ3v) is 5.68. The van der Waals surface area contributed by atoms with Crippen LogP contribution in [0.3, 0.4) is 0 Å². The number of fused-ring (bicyclic) bond motifs is 1. The molecule has 2 amide bonds. The van der Waals surface area contributed by atoms with E-state index in [1.54, 1.807) is 23.6 Å². The van der Waals surface area contributed by atoms with Gasteiger partial charge in [0, 0.05) is 30.6 Å². The molecule has 138 valence electrons. The van der Waals surface area contributed by atoms with Gasteiger partial charge in [-0.25, -0.2) is 0 Å². The normalized spacial score (nSPS) is 13.7. The molecule has 1 aromatic rings. The van der Waals surface area contributed by atoms with Crippen LogP contribution in [0.25, 0.3) is 0 Å². The van der Waals surface area contributed by atoms with Crippen LogP contribution in [-0.4, -0.2) is 30.7 Å². The van der Waals surface area contributed by atoms with Gasteiger partial charge in [-0.2, -0.15) is 0 Å². The average molecular weight is 363 g/mol. The molecule has 0 aromatic heterocycles. The molecule has 5 heteroatoms. The van der Waals surface area contributed by atoms with Gasteiger partial charge in [0.2, 0.25) is 11.8 Å². The second kappa shape index (κ2) is 9.85. The summed E-state index contributed by atoms with van der Waals surface area (Å²) in [6, 6.07) is 6.03. The van der Waals surface area contributed by atoms with Crippen LogP contribution in [0.5, 0.6) is 0 Å². The highest BCUT2D eigenvalue weighted by Gasteiger charge is 2.25. The van der Waals surface area contributed by atoms with Gasteiger partial charge in [-0.05, 0) is 31.5 Å². The predicted molar refractivity (Wildman–Crippen MR) is 107 cm³/mol. The van der Waals surface area contributed by atoms with E-state index >= 15 is 0 Å². The van der Waals surface area contributed by atoms with Gasteiger partial charge < -0.3 is 9.80 Å². The molecular weight excluding hydrogens is 332 g/mol. The second-order valence-electron chi connectivity index (χ2n) is 6.52. The fourth-order valence-corrected chi connectivity index (χ4v) is 4.16. The fourth-order valence-electron chi connectivity index (χ4n) is 3.24. The van der Waals surface area contributed by atoms with E-state index in [4.69, 9.17) is 0 Å². The zero-order chi connectivity index (χ0) is 18.2. The Morgan fingerprint density at radius 1 is 1.16 bits per heavy atom. The Hall–Kier alpha value is -1.49. The minimum Gasteiger partial charge on any atom is -0.313 e. The first-order valence-electron chi connectivity index (χ1n) is 9.43. The molecule has 0 bridgehead atoms. The Bertz CT molecular complexity index is 603. The molecule has 0 saturated carbocycles. The lowest BCUT2D eigenvalue weighted by Gasteiger charge is -2.31. The van der Waals surface area contributed by atoms with Gasteiger partial charge in [-0.15, -0.1) is 11.8 Å². The first kappa shape index (κ1) is 19.8. The van der Waals surface area contributed by atoms with Crippen LogP contribution >= 0.6 is 11.8 Å². The Morgan fingerprint density at radius 3 is 2.56 bits per heavy atom. The summed E-state index contributed by atoms with van der Waals surface area (Å²) in [6.45, 7) is 7.17. The lowest BCUT2D eigenvalue weighted by Crippen LogP contribution is -2.36. The van der Waals surface area contributed by atoms with Crippen molar-refractivity contribution in [3.05, 3.63) is 18.2 Å². The molecular formula is C20H30N2O2S. The van der Waals surface area contributed by atoms with E-state index in [1.807, 2.05) is 30.0 Å². The van der Waals surface area contributed by atoms with Gasteiger partial charge >= 0.3 is 0 Å². The molecule has 1 aliphatic rings. The molecule has 0 saturated heterocycles. The van der Waals surface area contributed by atoms with Gasteiger partial charge in [0.25, 0.3) is 0 Å². The van der Waals surface area contributed by atoms with Crippen molar-refractivity contribution in [3.63, 3.8) is 0 Å². The maximum atomic E-state index is 12.4. The third-order valence-electron chi connectivity index (χ3n) is 4.63. The van der Waals surface area contributed by atoms with Crippen molar-refractivity contribution in [2.45, 2.75) is 64.2 Å². The Balaban J connectivity index is 2.09. The number of unbranched alkanes of at least 4 members (excludes halogenated alkanes) is 5. The molecule has 0 unspecified atom stereocenters. The summed E-state index contributed by atoms with van der Waals surface area (Å²) in [7, 11) is 0. The van der Waals surface area contributed by atoms with Crippen LogP contribution in [0.2, 0.25) is 0 Å². The predicted octanol–water partition coefficient (Wildman–Crippen LogP) is 4.86. The third kappa shape index (κ3) is 5.24. The van der Waals surface area contributed by atoms with E-state index < -0.39 is 0 Å². The number of hydrogen-bond donors (Lipinski definition) is 0. The fraction of sp³-hybridized carbons (Fsp3) is 0.600. The maximum Gasteiger partial charge on any atom is 0.237 e. The number of hydrogen-bond acceptors (Lipinski definition) is 3. The quantitative estimate of drug-likeness (QED) is 0.589. The summed E-state index contributed by atoms with van der Waals surface area (Å²) >= 11 is 1.59. The molecule has 0 radical (unpaired) electrons. The van der Waals surface area contributed by atoms with Crippen LogP contribution in [0.15, 0.2) is 23.1 Å². The lowest BCUT2D eigenvalue weighted by molar-refractivity contribution is -0.117. The summed E-state index contributed by atoms with van der Waals surface area (Å²) in [5, 5.41) is 0. The Morgan fingerprint density at radius 2 is 1.88 bits per heavy atom. The van der Waals surface area contributed by atoms with Crippen molar-refractivity contribution < 1.29 is 9.59 Å². The van der Waals surface area contributed by atoms with Crippen molar-refractivity contribution in [1.82, 2.24) is 0 Å². The van der Waals surface area contributed by atoms with Gasteiger partial charge in [-0.3, -0.25) is 9.59 Å². The largest absolute Gasteiger partial charge is 0.313 e. The number of benzene rings is 1. The Kier molecular flexibility index (Phi) is 7.82. The van der Waals surface area contributed by atoms with Crippen LogP contribution in [-0.2, 0) is 9.59 Å². The van der Waals surface area contributed by atoms with Crippen LogP contribution in [0, 0.1) is 0 Å². The minimum atomic E-state index is 0.0275. The van der Waals surface area contributed by atoms with Crippen molar-refractivity contribution in [2.24, 2.45) is 0 Å². The number of rotatable bonds is 9. The smallest absolute Gasteiger partial charge is 0.237 e. The number of carbonyl (C=O) groups is 2. The highest BCUT2D eigenvalue weighted by Crippen LogP contribution is 2.38. The van der Waals surface area contributed by atoms with Gasteiger partial charge in [0.15, 0.2) is 0 Å². The zero-order valence-corrected chi connectivity index (χ0v) is 16.5. The molecule has 0 atom stereocenters. The van der Waals surface area contributed by atoms with Crippen LogP contribution < -0.4 is 9.80 Å². The zero-order valence-electron chi connectivity index (χ0n) is 15.7. The highest BCUT2D eigenvalue weighted by molar-refractivity contribution is 8.00. The van der Waals surface area contributed by atoms with Crippen molar-refractivity contribution in [2.75, 3.05) is 28.6 Å². The maximum absolute atomic E-state index is 12.4. The lowest BCUT2D eigenvalue weighted by atomic mass is 10.1. The minimum absolute atomic E-state index is 0.0275. The van der Waals surface area contributed by atoms with E-state index in [0.717, 1.165) is 29.2 Å². The molecule has 25 heavy (non-hydrogen) atoms. The standard InChI is InChI=1S/C20H30N2O2S/c1-4-6-7-8-9-10-13-22-18-14-17(21(5-2)16(3)23)11-12-19(18)25-15-20(22)24/h11-12,14H,4-10,13,15H2,1-3H3. The van der Waals surface area contributed by atoms with Crippen LogP contribution in [0.4, 0.5) is 11.4 Å². The van der Waals surface area contributed by atoms with Gasteiger partial charge in [0.05, 0.1) is 11.4 Å². The summed E-state index contributed by atoms with van der Waals surface area (Å²) in [5.41, 5.74) is 1.84. The molecule has 4 nitrogen and oxygen atoms in total. The summed E-state index contributed by atoms with van der Waals surface area (Å²) in [4.78, 5) is 29.1. The summed E-state index contributed by atoms with van der Waals surface area (Å²) < 4.78 is 0. The molecule has 1 heterocycles. The molecule has 0 fully saturated rings. The highest BCUT2D eigenvalue weighted by atomic mass is 32.2. The Labute approximate surface area is 156 Å². The first-order chi connectivity index (χ1) is 12.1. The van der Waals surface area contributed by atoms with E-state index in [2.05, 4.69) is 6.92 Å². The molecule has 0 spiro atoms. The molecule has 0 aliphatic carbocycles. The number of thioether (sulfide) groups is 1. The van der Waals surface area contributed by atoms with E-state index in [0.29, 0.717) is 12.3 Å². The monoisotopic (exact) mass is 362 g/mol. The topological polar surface area (TPSA) is 40.6 Å². The molecule has 1 aliphatic heterocycles. The van der Waals surface area contributed by atoms with Gasteiger partial charge in [0.1, 0.15) is 0 Å².